The Morgan fingerprint density at radius 1 is 1.33 bits per heavy atom. The number of hydrogen-bond acceptors (Lipinski definition) is 2. The third-order valence-electron chi connectivity index (χ3n) is 2.39. The molecule has 2 N–H and O–H groups in total. The van der Waals surface area contributed by atoms with Gasteiger partial charge in [0.25, 0.3) is 0 Å². The molecule has 0 fully saturated rings. The van der Waals surface area contributed by atoms with Crippen LogP contribution < -0.4 is 5.73 Å². The summed E-state index contributed by atoms with van der Waals surface area (Å²) >= 11 is 0. The smallest absolute Gasteiger partial charge is 0.148 e. The van der Waals surface area contributed by atoms with Crippen molar-refractivity contribution in [3.05, 3.63) is 24.3 Å². The van der Waals surface area contributed by atoms with Crippen LogP contribution in [0, 0.1) is 5.82 Å². The number of hydrogen-bond donors (Lipinski definition) is 1. The second kappa shape index (κ2) is 2.95. The molecule has 3 nitrogen and oxygen atoms in total. The Labute approximate surface area is 87.7 Å². The third kappa shape index (κ3) is 1.56. The number of nitrogens with zero attached hydrogens (tertiary/aromatic N) is 2. The van der Waals surface area contributed by atoms with Crippen LogP contribution in [-0.4, -0.2) is 9.55 Å². The lowest BCUT2D eigenvalue weighted by Gasteiger charge is -2.21. The van der Waals surface area contributed by atoms with Crippen LogP contribution in [0.15, 0.2) is 18.5 Å². The summed E-state index contributed by atoms with van der Waals surface area (Å²) in [6.07, 6.45) is 1.71. The number of imidazole rings is 1. The molecule has 0 spiro atoms. The van der Waals surface area contributed by atoms with Gasteiger partial charge in [-0.25, -0.2) is 9.37 Å². The molecule has 0 radical (unpaired) electrons. The van der Waals surface area contributed by atoms with E-state index in [4.69, 9.17) is 5.73 Å². The summed E-state index contributed by atoms with van der Waals surface area (Å²) in [5, 5.41) is 0. The maximum Gasteiger partial charge on any atom is 0.148 e. The predicted molar refractivity (Wildman–Crippen MR) is 59.1 cm³/mol. The number of aromatic nitrogens is 2. The van der Waals surface area contributed by atoms with Crippen LogP contribution in [0.2, 0.25) is 0 Å². The van der Waals surface area contributed by atoms with Crippen molar-refractivity contribution in [1.82, 2.24) is 9.55 Å². The van der Waals surface area contributed by atoms with E-state index in [2.05, 4.69) is 4.98 Å². The normalized spacial score (nSPS) is 12.3. The van der Waals surface area contributed by atoms with E-state index in [0.29, 0.717) is 0 Å². The van der Waals surface area contributed by atoms with Gasteiger partial charge in [0.05, 0.1) is 23.0 Å². The van der Waals surface area contributed by atoms with E-state index in [1.807, 2.05) is 25.3 Å². The van der Waals surface area contributed by atoms with Crippen LogP contribution in [0.5, 0.6) is 0 Å². The van der Waals surface area contributed by atoms with Gasteiger partial charge in [-0.2, -0.15) is 0 Å². The molecule has 1 heterocycles. The largest absolute Gasteiger partial charge is 0.396 e. The van der Waals surface area contributed by atoms with Crippen molar-refractivity contribution in [1.29, 1.82) is 0 Å². The Hall–Kier alpha value is -1.58. The fourth-order valence-corrected chi connectivity index (χ4v) is 1.58. The fraction of sp³-hybridized carbons (Fsp3) is 0.364. The monoisotopic (exact) mass is 207 g/mol. The highest BCUT2D eigenvalue weighted by molar-refractivity contribution is 5.79. The van der Waals surface area contributed by atoms with Crippen LogP contribution in [0.1, 0.15) is 20.8 Å². The molecule has 0 unspecified atom stereocenters. The molecule has 0 bridgehead atoms. The maximum atomic E-state index is 13.3. The van der Waals surface area contributed by atoms with Gasteiger partial charge in [-0.3, -0.25) is 0 Å². The summed E-state index contributed by atoms with van der Waals surface area (Å²) in [7, 11) is 0. The average molecular weight is 207 g/mol. The van der Waals surface area contributed by atoms with Gasteiger partial charge in [-0.15, -0.1) is 0 Å². The summed E-state index contributed by atoms with van der Waals surface area (Å²) in [6, 6.07) is 3.00. The molecular formula is C11H14FN3. The molecule has 0 aliphatic carbocycles. The Bertz CT molecular complexity index is 508. The van der Waals surface area contributed by atoms with Crippen molar-refractivity contribution in [2.24, 2.45) is 0 Å². The second-order valence-corrected chi connectivity index (χ2v) is 4.65. The first-order chi connectivity index (χ1) is 6.89. The lowest BCUT2D eigenvalue weighted by atomic mass is 10.1. The molecule has 0 amide bonds. The molecule has 1 aromatic carbocycles. The van der Waals surface area contributed by atoms with E-state index < -0.39 is 5.82 Å². The van der Waals surface area contributed by atoms with Crippen molar-refractivity contribution in [2.45, 2.75) is 26.3 Å². The van der Waals surface area contributed by atoms with Crippen LogP contribution in [-0.2, 0) is 5.54 Å². The molecule has 0 atom stereocenters. The summed E-state index contributed by atoms with van der Waals surface area (Å²) in [5.41, 5.74) is 7.00. The molecular weight excluding hydrogens is 193 g/mol. The molecule has 0 saturated carbocycles. The van der Waals surface area contributed by atoms with E-state index in [9.17, 15) is 4.39 Å². The number of nitrogens with two attached hydrogens (primary N) is 1. The minimum absolute atomic E-state index is 0.114. The topological polar surface area (TPSA) is 43.8 Å². The molecule has 0 aliphatic rings. The molecule has 4 heteroatoms. The SMILES string of the molecule is CC(C)(C)n1cnc2cc(N)c(F)cc21. The first-order valence-corrected chi connectivity index (χ1v) is 4.82. The highest BCUT2D eigenvalue weighted by Gasteiger charge is 2.16. The minimum Gasteiger partial charge on any atom is -0.396 e. The van der Waals surface area contributed by atoms with Gasteiger partial charge in [0.1, 0.15) is 5.82 Å². The van der Waals surface area contributed by atoms with Gasteiger partial charge in [0.2, 0.25) is 0 Å². The van der Waals surface area contributed by atoms with Gasteiger partial charge in [0, 0.05) is 11.6 Å². The summed E-state index contributed by atoms with van der Waals surface area (Å²) in [6.45, 7) is 6.13. The van der Waals surface area contributed by atoms with Crippen molar-refractivity contribution in [3.63, 3.8) is 0 Å². The van der Waals surface area contributed by atoms with Gasteiger partial charge >= 0.3 is 0 Å². The van der Waals surface area contributed by atoms with Gasteiger partial charge in [-0.05, 0) is 26.8 Å². The minimum atomic E-state index is -0.395. The zero-order chi connectivity index (χ0) is 11.2. The molecule has 15 heavy (non-hydrogen) atoms. The zero-order valence-corrected chi connectivity index (χ0v) is 9.08. The molecule has 0 saturated heterocycles. The standard InChI is InChI=1S/C11H14FN3/c1-11(2,3)15-6-14-9-5-8(13)7(12)4-10(9)15/h4-6H,13H2,1-3H3. The zero-order valence-electron chi connectivity index (χ0n) is 9.08. The summed E-state index contributed by atoms with van der Waals surface area (Å²) in [4.78, 5) is 4.20. The summed E-state index contributed by atoms with van der Waals surface area (Å²) < 4.78 is 15.3. The van der Waals surface area contributed by atoms with E-state index in [1.54, 1.807) is 12.4 Å². The van der Waals surface area contributed by atoms with Crippen molar-refractivity contribution < 1.29 is 4.39 Å². The third-order valence-corrected chi connectivity index (χ3v) is 2.39. The Morgan fingerprint density at radius 2 is 2.00 bits per heavy atom. The van der Waals surface area contributed by atoms with Gasteiger partial charge in [0.15, 0.2) is 0 Å². The highest BCUT2D eigenvalue weighted by Crippen LogP contribution is 2.24. The Morgan fingerprint density at radius 3 is 2.60 bits per heavy atom. The number of anilines is 1. The van der Waals surface area contributed by atoms with E-state index in [0.717, 1.165) is 11.0 Å². The van der Waals surface area contributed by atoms with Crippen LogP contribution in [0.4, 0.5) is 10.1 Å². The lowest BCUT2D eigenvalue weighted by Crippen LogP contribution is -2.20. The summed E-state index contributed by atoms with van der Waals surface area (Å²) in [5.74, 6) is -0.395. The van der Waals surface area contributed by atoms with Gasteiger partial charge in [-0.1, -0.05) is 0 Å². The molecule has 2 aromatic rings. The highest BCUT2D eigenvalue weighted by atomic mass is 19.1. The molecule has 0 aliphatic heterocycles. The van der Waals surface area contributed by atoms with Crippen molar-refractivity contribution in [3.8, 4) is 0 Å². The fourth-order valence-electron chi connectivity index (χ4n) is 1.58. The number of benzene rings is 1. The predicted octanol–water partition coefficient (Wildman–Crippen LogP) is 2.51. The first-order valence-electron chi connectivity index (χ1n) is 4.82. The quantitative estimate of drug-likeness (QED) is 0.674. The molecule has 80 valence electrons. The Balaban J connectivity index is 2.75. The van der Waals surface area contributed by atoms with Crippen LogP contribution >= 0.6 is 0 Å². The second-order valence-electron chi connectivity index (χ2n) is 4.65. The van der Waals surface area contributed by atoms with Crippen LogP contribution in [0.3, 0.4) is 0 Å². The molecule has 2 rings (SSSR count). The number of halogens is 1. The van der Waals surface area contributed by atoms with E-state index in [-0.39, 0.29) is 11.2 Å². The van der Waals surface area contributed by atoms with E-state index >= 15 is 0 Å². The van der Waals surface area contributed by atoms with Crippen molar-refractivity contribution >= 4 is 16.7 Å². The average Bonchev–Trinajstić information content (AvgIpc) is 2.47. The lowest BCUT2D eigenvalue weighted by molar-refractivity contribution is 0.408. The van der Waals surface area contributed by atoms with Gasteiger partial charge < -0.3 is 10.3 Å². The first kappa shape index (κ1) is 9.96. The number of nitrogen functional groups attached to an aromatic ring is 1. The Kier molecular flexibility index (Phi) is 1.96. The number of fused-ring (bicyclic) bond motifs is 1. The van der Waals surface area contributed by atoms with Crippen LogP contribution in [0.25, 0.3) is 11.0 Å². The maximum absolute atomic E-state index is 13.3. The van der Waals surface area contributed by atoms with E-state index in [1.165, 1.54) is 6.07 Å². The van der Waals surface area contributed by atoms with Crippen molar-refractivity contribution in [2.75, 3.05) is 5.73 Å². The molecule has 1 aromatic heterocycles. The number of rotatable bonds is 0.